The van der Waals surface area contributed by atoms with Crippen molar-refractivity contribution in [2.75, 3.05) is 70.9 Å². The number of carbonyl (C=O) groups excluding carboxylic acids is 1. The third kappa shape index (κ3) is 5.11. The molecule has 3 heterocycles. The van der Waals surface area contributed by atoms with E-state index in [-0.39, 0.29) is 5.91 Å². The average Bonchev–Trinajstić information content (AvgIpc) is 3.28. The fourth-order valence-corrected chi connectivity index (χ4v) is 4.31. The van der Waals surface area contributed by atoms with Gasteiger partial charge in [-0.15, -0.1) is 6.58 Å². The lowest BCUT2D eigenvalue weighted by molar-refractivity contribution is 0.0615. The number of hydrogen-bond acceptors (Lipinski definition) is 6. The normalized spacial score (nSPS) is 18.2. The molecule has 0 N–H and O–H groups in total. The number of piperazine rings is 2. The Hall–Kier alpha value is -2.77. The van der Waals surface area contributed by atoms with E-state index in [0.717, 1.165) is 82.6 Å². The fourth-order valence-electron chi connectivity index (χ4n) is 4.31. The van der Waals surface area contributed by atoms with Gasteiger partial charge in [-0.25, -0.2) is 0 Å². The molecule has 7 nitrogen and oxygen atoms in total. The zero-order chi connectivity index (χ0) is 21.6. The summed E-state index contributed by atoms with van der Waals surface area (Å²) in [5.41, 5.74) is 1.14. The summed E-state index contributed by atoms with van der Waals surface area (Å²) in [6, 6.07) is 11.9. The van der Waals surface area contributed by atoms with E-state index in [2.05, 4.69) is 27.3 Å². The standard InChI is InChI=1S/C24H32N4O3/c1-3-10-25-11-17-28(18-12-25)24(29)23-9-8-20(31-23)19-26-13-15-27(16-14-26)21-6-4-5-7-22(21)30-2/h3-9H,1,10-19H2,2H3. The van der Waals surface area contributed by atoms with Crippen molar-refractivity contribution in [2.24, 2.45) is 0 Å². The number of nitrogens with zero attached hydrogens (tertiary/aromatic N) is 4. The molecule has 0 unspecified atom stereocenters. The van der Waals surface area contributed by atoms with E-state index in [1.165, 1.54) is 0 Å². The van der Waals surface area contributed by atoms with Gasteiger partial charge < -0.3 is 19.0 Å². The molecule has 4 rings (SSSR count). The van der Waals surface area contributed by atoms with Gasteiger partial charge in [0.15, 0.2) is 5.76 Å². The van der Waals surface area contributed by atoms with Gasteiger partial charge in [-0.1, -0.05) is 18.2 Å². The third-order valence-electron chi connectivity index (χ3n) is 6.10. The molecule has 7 heteroatoms. The molecule has 0 saturated carbocycles. The largest absolute Gasteiger partial charge is 0.495 e. The second kappa shape index (κ2) is 10.0. The Morgan fingerprint density at radius 1 is 1.00 bits per heavy atom. The molecule has 0 bridgehead atoms. The highest BCUT2D eigenvalue weighted by molar-refractivity contribution is 5.91. The molecule has 1 amide bonds. The zero-order valence-corrected chi connectivity index (χ0v) is 18.3. The van der Waals surface area contributed by atoms with Crippen molar-refractivity contribution in [2.45, 2.75) is 6.54 Å². The lowest BCUT2D eigenvalue weighted by Gasteiger charge is -2.36. The molecule has 0 spiro atoms. The number of anilines is 1. The molecular weight excluding hydrogens is 392 g/mol. The smallest absolute Gasteiger partial charge is 0.289 e. The zero-order valence-electron chi connectivity index (χ0n) is 18.3. The number of methoxy groups -OCH3 is 1. The van der Waals surface area contributed by atoms with E-state index in [9.17, 15) is 4.79 Å². The van der Waals surface area contributed by atoms with E-state index in [0.29, 0.717) is 5.76 Å². The number of amides is 1. The minimum atomic E-state index is -0.00880. The number of hydrogen-bond donors (Lipinski definition) is 0. The summed E-state index contributed by atoms with van der Waals surface area (Å²) in [4.78, 5) is 21.7. The molecule has 2 aliphatic rings. The summed E-state index contributed by atoms with van der Waals surface area (Å²) in [6.45, 7) is 12.3. The Balaban J connectivity index is 1.28. The lowest BCUT2D eigenvalue weighted by atomic mass is 10.2. The van der Waals surface area contributed by atoms with Crippen LogP contribution < -0.4 is 9.64 Å². The molecule has 0 atom stereocenters. The number of rotatable bonds is 7. The first-order chi connectivity index (χ1) is 15.2. The minimum Gasteiger partial charge on any atom is -0.495 e. The molecule has 2 aliphatic heterocycles. The maximum Gasteiger partial charge on any atom is 0.289 e. The Kier molecular flexibility index (Phi) is 6.94. The second-order valence-electron chi connectivity index (χ2n) is 8.08. The van der Waals surface area contributed by atoms with Gasteiger partial charge in [0, 0.05) is 58.9 Å². The van der Waals surface area contributed by atoms with Crippen LogP contribution in [0.15, 0.2) is 53.5 Å². The summed E-state index contributed by atoms with van der Waals surface area (Å²) >= 11 is 0. The Labute approximate surface area is 184 Å². The van der Waals surface area contributed by atoms with Crippen LogP contribution in [0.5, 0.6) is 5.75 Å². The highest BCUT2D eigenvalue weighted by Gasteiger charge is 2.25. The second-order valence-corrected chi connectivity index (χ2v) is 8.08. The number of furan rings is 1. The Bertz CT molecular complexity index is 880. The summed E-state index contributed by atoms with van der Waals surface area (Å²) in [6.07, 6.45) is 1.91. The first-order valence-corrected chi connectivity index (χ1v) is 11.0. The lowest BCUT2D eigenvalue weighted by Crippen LogP contribution is -2.48. The molecule has 1 aromatic carbocycles. The van der Waals surface area contributed by atoms with E-state index in [1.54, 1.807) is 7.11 Å². The van der Waals surface area contributed by atoms with Gasteiger partial charge in [0.2, 0.25) is 0 Å². The topological polar surface area (TPSA) is 52.4 Å². The van der Waals surface area contributed by atoms with Crippen LogP contribution in [-0.4, -0.2) is 86.6 Å². The molecule has 2 fully saturated rings. The van der Waals surface area contributed by atoms with Crippen molar-refractivity contribution in [1.82, 2.24) is 14.7 Å². The molecule has 1 aromatic heterocycles. The van der Waals surface area contributed by atoms with Crippen LogP contribution in [0, 0.1) is 0 Å². The third-order valence-corrected chi connectivity index (χ3v) is 6.10. The van der Waals surface area contributed by atoms with Crippen molar-refractivity contribution in [3.05, 3.63) is 60.6 Å². The SMILES string of the molecule is C=CCN1CCN(C(=O)c2ccc(CN3CCN(c4ccccc4OC)CC3)o2)CC1. The van der Waals surface area contributed by atoms with E-state index >= 15 is 0 Å². The molecule has 2 saturated heterocycles. The molecule has 31 heavy (non-hydrogen) atoms. The average molecular weight is 425 g/mol. The van der Waals surface area contributed by atoms with Crippen molar-refractivity contribution in [1.29, 1.82) is 0 Å². The highest BCUT2D eigenvalue weighted by atomic mass is 16.5. The van der Waals surface area contributed by atoms with Gasteiger partial charge in [0.1, 0.15) is 11.5 Å². The van der Waals surface area contributed by atoms with Crippen LogP contribution in [0.3, 0.4) is 0 Å². The maximum atomic E-state index is 12.8. The van der Waals surface area contributed by atoms with Gasteiger partial charge in [-0.2, -0.15) is 0 Å². The number of carbonyl (C=O) groups is 1. The molecule has 166 valence electrons. The molecule has 2 aromatic rings. The van der Waals surface area contributed by atoms with Crippen LogP contribution in [-0.2, 0) is 6.54 Å². The first-order valence-electron chi connectivity index (χ1n) is 11.0. The number of benzene rings is 1. The van der Waals surface area contributed by atoms with E-state index in [1.807, 2.05) is 41.3 Å². The van der Waals surface area contributed by atoms with Crippen LogP contribution in [0.4, 0.5) is 5.69 Å². The molecule has 0 radical (unpaired) electrons. The predicted octanol–water partition coefficient (Wildman–Crippen LogP) is 2.55. The quantitative estimate of drug-likeness (QED) is 0.637. The Morgan fingerprint density at radius 2 is 1.71 bits per heavy atom. The highest BCUT2D eigenvalue weighted by Crippen LogP contribution is 2.28. The molecule has 0 aliphatic carbocycles. The van der Waals surface area contributed by atoms with Crippen molar-refractivity contribution in [3.8, 4) is 5.75 Å². The van der Waals surface area contributed by atoms with Gasteiger partial charge in [-0.3, -0.25) is 14.6 Å². The van der Waals surface area contributed by atoms with Crippen LogP contribution >= 0.6 is 0 Å². The van der Waals surface area contributed by atoms with Gasteiger partial charge in [-0.05, 0) is 24.3 Å². The monoisotopic (exact) mass is 424 g/mol. The van der Waals surface area contributed by atoms with Gasteiger partial charge >= 0.3 is 0 Å². The van der Waals surface area contributed by atoms with E-state index < -0.39 is 0 Å². The van der Waals surface area contributed by atoms with Crippen LogP contribution in [0.1, 0.15) is 16.3 Å². The summed E-state index contributed by atoms with van der Waals surface area (Å²) in [5, 5.41) is 0. The predicted molar refractivity (Wildman–Crippen MR) is 122 cm³/mol. The minimum absolute atomic E-state index is 0.00880. The van der Waals surface area contributed by atoms with Crippen molar-refractivity contribution in [3.63, 3.8) is 0 Å². The summed E-state index contributed by atoms with van der Waals surface area (Å²) < 4.78 is 11.4. The maximum absolute atomic E-state index is 12.8. The van der Waals surface area contributed by atoms with Gasteiger partial charge in [0.25, 0.3) is 5.91 Å². The fraction of sp³-hybridized carbons (Fsp3) is 0.458. The van der Waals surface area contributed by atoms with E-state index in [4.69, 9.17) is 9.15 Å². The van der Waals surface area contributed by atoms with Crippen LogP contribution in [0.25, 0.3) is 0 Å². The number of para-hydroxylation sites is 2. The molecular formula is C24H32N4O3. The number of ether oxygens (including phenoxy) is 1. The van der Waals surface area contributed by atoms with Gasteiger partial charge in [0.05, 0.1) is 19.3 Å². The summed E-state index contributed by atoms with van der Waals surface area (Å²) in [5.74, 6) is 2.19. The van der Waals surface area contributed by atoms with Crippen molar-refractivity contribution >= 4 is 11.6 Å². The van der Waals surface area contributed by atoms with Crippen LogP contribution in [0.2, 0.25) is 0 Å². The Morgan fingerprint density at radius 3 is 2.42 bits per heavy atom. The first kappa shape index (κ1) is 21.5. The summed E-state index contributed by atoms with van der Waals surface area (Å²) in [7, 11) is 1.71. The van der Waals surface area contributed by atoms with Crippen molar-refractivity contribution < 1.29 is 13.9 Å².